The third-order valence-corrected chi connectivity index (χ3v) is 4.83. The van der Waals surface area contributed by atoms with Crippen LogP contribution in [0.15, 0.2) is 42.5 Å². The first-order valence-electron chi connectivity index (χ1n) is 8.78. The summed E-state index contributed by atoms with van der Waals surface area (Å²) >= 11 is 6.15. The van der Waals surface area contributed by atoms with E-state index in [0.29, 0.717) is 33.8 Å². The second kappa shape index (κ2) is 7.84. The van der Waals surface area contributed by atoms with Crippen molar-refractivity contribution in [1.82, 2.24) is 25.6 Å². The number of hydrogen-bond acceptors (Lipinski definition) is 6. The van der Waals surface area contributed by atoms with E-state index >= 15 is 0 Å². The van der Waals surface area contributed by atoms with E-state index in [-0.39, 0.29) is 18.0 Å². The zero-order valence-corrected chi connectivity index (χ0v) is 16.2. The van der Waals surface area contributed by atoms with E-state index < -0.39 is 5.78 Å². The number of methoxy groups -OCH3 is 1. The molecule has 29 heavy (non-hydrogen) atoms. The summed E-state index contributed by atoms with van der Waals surface area (Å²) in [6, 6.07) is 12.8. The predicted octanol–water partition coefficient (Wildman–Crippen LogP) is 3.39. The van der Waals surface area contributed by atoms with E-state index in [9.17, 15) is 9.59 Å². The molecule has 8 nitrogen and oxygen atoms in total. The van der Waals surface area contributed by atoms with Crippen LogP contribution in [0.5, 0.6) is 5.75 Å². The van der Waals surface area contributed by atoms with Crippen molar-refractivity contribution in [2.45, 2.75) is 12.8 Å². The number of ketones is 2. The molecule has 0 bridgehead atoms. The number of fused-ring (bicyclic) bond motifs is 1. The van der Waals surface area contributed by atoms with Gasteiger partial charge < -0.3 is 9.72 Å². The number of aromatic amines is 2. The lowest BCUT2D eigenvalue weighted by Crippen LogP contribution is -2.12. The first-order chi connectivity index (χ1) is 14.1. The smallest absolute Gasteiger partial charge is 0.240 e. The maximum Gasteiger partial charge on any atom is 0.240 e. The Bertz CT molecular complexity index is 1200. The van der Waals surface area contributed by atoms with Crippen LogP contribution in [-0.2, 0) is 6.42 Å². The second-order valence-corrected chi connectivity index (χ2v) is 6.85. The van der Waals surface area contributed by atoms with Gasteiger partial charge in [0.2, 0.25) is 11.6 Å². The maximum absolute atomic E-state index is 13.1. The Morgan fingerprint density at radius 1 is 1.14 bits per heavy atom. The van der Waals surface area contributed by atoms with E-state index in [0.717, 1.165) is 11.1 Å². The molecular weight excluding hydrogens is 394 g/mol. The Hall–Kier alpha value is -3.52. The fraction of sp³-hybridized carbons (Fsp3) is 0.150. The Labute approximate surface area is 170 Å². The molecule has 0 aliphatic rings. The summed E-state index contributed by atoms with van der Waals surface area (Å²) in [5.41, 5.74) is 2.77. The van der Waals surface area contributed by atoms with E-state index in [1.54, 1.807) is 25.3 Å². The van der Waals surface area contributed by atoms with Crippen molar-refractivity contribution < 1.29 is 14.3 Å². The topological polar surface area (TPSA) is 114 Å². The maximum atomic E-state index is 13.1. The Morgan fingerprint density at radius 2 is 1.97 bits per heavy atom. The fourth-order valence-electron chi connectivity index (χ4n) is 3.30. The third kappa shape index (κ3) is 3.74. The van der Waals surface area contributed by atoms with Gasteiger partial charge in [0, 0.05) is 33.6 Å². The molecule has 2 heterocycles. The highest BCUT2D eigenvalue weighted by Gasteiger charge is 2.24. The number of hydrogen-bond donors (Lipinski definition) is 2. The number of carbonyl (C=O) groups excluding carboxylic acids is 2. The molecule has 0 spiro atoms. The van der Waals surface area contributed by atoms with Crippen LogP contribution >= 0.6 is 11.6 Å². The molecule has 0 aliphatic carbocycles. The zero-order valence-electron chi connectivity index (χ0n) is 15.4. The highest BCUT2D eigenvalue weighted by Crippen LogP contribution is 2.30. The normalized spacial score (nSPS) is 11.0. The highest BCUT2D eigenvalue weighted by atomic mass is 35.5. The molecule has 0 saturated carbocycles. The van der Waals surface area contributed by atoms with Crippen molar-refractivity contribution in [3.05, 3.63) is 70.1 Å². The molecule has 4 rings (SSSR count). The van der Waals surface area contributed by atoms with Gasteiger partial charge in [-0.25, -0.2) is 0 Å². The molecule has 0 atom stereocenters. The largest absolute Gasteiger partial charge is 0.496 e. The van der Waals surface area contributed by atoms with Crippen molar-refractivity contribution in [3.63, 3.8) is 0 Å². The van der Waals surface area contributed by atoms with Gasteiger partial charge in [0.15, 0.2) is 5.78 Å². The number of halogens is 1. The average molecular weight is 410 g/mol. The monoisotopic (exact) mass is 409 g/mol. The summed E-state index contributed by atoms with van der Waals surface area (Å²) in [7, 11) is 1.60. The molecule has 0 radical (unpaired) electrons. The Morgan fingerprint density at radius 3 is 2.72 bits per heavy atom. The zero-order chi connectivity index (χ0) is 20.4. The van der Waals surface area contributed by atoms with Crippen molar-refractivity contribution in [3.8, 4) is 5.75 Å². The SMILES string of the molecule is COc1ccccc1Cc1[nH]c2ccc(Cl)cc2c1C(=O)CC(=O)c1nn[nH]n1. The van der Waals surface area contributed by atoms with Crippen molar-refractivity contribution in [1.29, 1.82) is 0 Å². The lowest BCUT2D eigenvalue weighted by Gasteiger charge is -2.09. The van der Waals surface area contributed by atoms with Crippen LogP contribution in [0.25, 0.3) is 10.9 Å². The summed E-state index contributed by atoms with van der Waals surface area (Å²) in [5.74, 6) is -0.269. The minimum absolute atomic E-state index is 0.123. The lowest BCUT2D eigenvalue weighted by atomic mass is 9.98. The minimum atomic E-state index is -0.511. The van der Waals surface area contributed by atoms with Gasteiger partial charge in [-0.1, -0.05) is 29.8 Å². The number of para-hydroxylation sites is 1. The standard InChI is InChI=1S/C20H16ClN5O3/c1-29-18-5-3-2-4-11(18)8-15-19(13-9-12(21)6-7-14(13)22-15)16(27)10-17(28)20-23-25-26-24-20/h2-7,9,22H,8,10H2,1H3,(H,23,24,25,26). The summed E-state index contributed by atoms with van der Waals surface area (Å²) in [6.07, 6.45) is 0.0473. The molecule has 2 aromatic heterocycles. The predicted molar refractivity (Wildman–Crippen MR) is 107 cm³/mol. The minimum Gasteiger partial charge on any atom is -0.496 e. The number of aromatic nitrogens is 5. The summed E-state index contributed by atoms with van der Waals surface area (Å²) < 4.78 is 5.42. The quantitative estimate of drug-likeness (QED) is 0.357. The van der Waals surface area contributed by atoms with Crippen LogP contribution in [0.1, 0.15) is 38.7 Å². The molecule has 9 heteroatoms. The highest BCUT2D eigenvalue weighted by molar-refractivity contribution is 6.31. The summed E-state index contributed by atoms with van der Waals surface area (Å²) in [6.45, 7) is 0. The molecule has 0 unspecified atom stereocenters. The Balaban J connectivity index is 1.76. The fourth-order valence-corrected chi connectivity index (χ4v) is 3.48. The van der Waals surface area contributed by atoms with Crippen molar-refractivity contribution >= 4 is 34.1 Å². The molecule has 4 aromatic rings. The van der Waals surface area contributed by atoms with Crippen LogP contribution in [-0.4, -0.2) is 44.3 Å². The number of ether oxygens (including phenoxy) is 1. The molecule has 0 amide bonds. The van der Waals surface area contributed by atoms with Crippen LogP contribution in [0.2, 0.25) is 5.02 Å². The molecule has 2 aromatic carbocycles. The van der Waals surface area contributed by atoms with Crippen LogP contribution in [0.3, 0.4) is 0 Å². The first-order valence-corrected chi connectivity index (χ1v) is 9.16. The van der Waals surface area contributed by atoms with E-state index in [2.05, 4.69) is 25.6 Å². The average Bonchev–Trinajstić information content (AvgIpc) is 3.36. The van der Waals surface area contributed by atoms with Gasteiger partial charge in [-0.15, -0.1) is 10.2 Å². The molecule has 146 valence electrons. The molecule has 0 aliphatic heterocycles. The number of nitrogens with zero attached hydrogens (tertiary/aromatic N) is 3. The summed E-state index contributed by atoms with van der Waals surface area (Å²) in [5, 5.41) is 14.0. The van der Waals surface area contributed by atoms with Crippen molar-refractivity contribution in [2.24, 2.45) is 0 Å². The van der Waals surface area contributed by atoms with Gasteiger partial charge in [-0.3, -0.25) is 9.59 Å². The van der Waals surface area contributed by atoms with Gasteiger partial charge in [-0.05, 0) is 35.0 Å². The third-order valence-electron chi connectivity index (χ3n) is 4.59. The molecular formula is C20H16ClN5O3. The van der Waals surface area contributed by atoms with E-state index in [1.165, 1.54) is 0 Å². The number of benzene rings is 2. The summed E-state index contributed by atoms with van der Waals surface area (Å²) in [4.78, 5) is 28.7. The molecule has 2 N–H and O–H groups in total. The van der Waals surface area contributed by atoms with Crippen LogP contribution < -0.4 is 4.74 Å². The number of Topliss-reactive ketones (excluding diaryl/α,β-unsaturated/α-hetero) is 2. The Kier molecular flexibility index (Phi) is 5.09. The van der Waals surface area contributed by atoms with Gasteiger partial charge >= 0.3 is 0 Å². The van der Waals surface area contributed by atoms with Crippen LogP contribution in [0, 0.1) is 0 Å². The number of H-pyrrole nitrogens is 2. The number of rotatable bonds is 7. The molecule has 0 fully saturated rings. The second-order valence-electron chi connectivity index (χ2n) is 6.42. The van der Waals surface area contributed by atoms with Gasteiger partial charge in [0.1, 0.15) is 5.75 Å². The number of nitrogens with one attached hydrogen (secondary N) is 2. The lowest BCUT2D eigenvalue weighted by molar-refractivity contribution is 0.0889. The van der Waals surface area contributed by atoms with E-state index in [4.69, 9.17) is 16.3 Å². The van der Waals surface area contributed by atoms with Gasteiger partial charge in [0.05, 0.1) is 13.5 Å². The van der Waals surface area contributed by atoms with Crippen molar-refractivity contribution in [2.75, 3.05) is 7.11 Å². The molecule has 0 saturated heterocycles. The van der Waals surface area contributed by atoms with E-state index in [1.807, 2.05) is 24.3 Å². The number of carbonyl (C=O) groups is 2. The van der Waals surface area contributed by atoms with Gasteiger partial charge in [-0.2, -0.15) is 5.21 Å². The number of tetrazole rings is 1. The van der Waals surface area contributed by atoms with Crippen LogP contribution in [0.4, 0.5) is 0 Å². The van der Waals surface area contributed by atoms with Gasteiger partial charge in [0.25, 0.3) is 0 Å². The first kappa shape index (κ1) is 18.8.